The number of ether oxygens (including phenoxy) is 1. The third-order valence-corrected chi connectivity index (χ3v) is 8.11. The Kier molecular flexibility index (Phi) is 6.24. The molecule has 0 N–H and O–H groups in total. The Labute approximate surface area is 189 Å². The largest absolute Gasteiger partial charge is 0.481 e. The van der Waals surface area contributed by atoms with Crippen molar-refractivity contribution in [3.8, 4) is 5.75 Å². The molecule has 0 unspecified atom stereocenters. The molecule has 0 aromatic heterocycles. The number of nitrogens with zero attached hydrogens (tertiary/aromatic N) is 1. The van der Waals surface area contributed by atoms with E-state index in [0.29, 0.717) is 18.7 Å². The van der Waals surface area contributed by atoms with Crippen LogP contribution in [0.3, 0.4) is 0 Å². The molecule has 32 heavy (non-hydrogen) atoms. The van der Waals surface area contributed by atoms with E-state index in [-0.39, 0.29) is 23.5 Å². The molecule has 1 aliphatic rings. The molecular formula is C26H29NO4S. The highest BCUT2D eigenvalue weighted by Gasteiger charge is 2.37. The number of benzene rings is 3. The molecule has 0 bridgehead atoms. The average molecular weight is 452 g/mol. The SMILES string of the molecule is Cc1cccc(O[C@H](C)C(=O)N(Cc2cccc3ccccc23)[C@@H]2CCS(=O)(=O)C2)c1C. The summed E-state index contributed by atoms with van der Waals surface area (Å²) in [4.78, 5) is 15.3. The molecule has 0 spiro atoms. The average Bonchev–Trinajstić information content (AvgIpc) is 3.14. The quantitative estimate of drug-likeness (QED) is 0.556. The van der Waals surface area contributed by atoms with Gasteiger partial charge in [0.2, 0.25) is 0 Å². The Hall–Kier alpha value is -2.86. The molecule has 4 rings (SSSR count). The van der Waals surface area contributed by atoms with Crippen molar-refractivity contribution in [2.24, 2.45) is 0 Å². The fourth-order valence-electron chi connectivity index (χ4n) is 4.35. The Balaban J connectivity index is 1.64. The number of carbonyl (C=O) groups excluding carboxylic acids is 1. The van der Waals surface area contributed by atoms with E-state index < -0.39 is 15.9 Å². The molecule has 0 radical (unpaired) electrons. The van der Waals surface area contributed by atoms with Crippen molar-refractivity contribution in [1.82, 2.24) is 4.90 Å². The summed E-state index contributed by atoms with van der Waals surface area (Å²) in [5.74, 6) is 0.596. The number of aryl methyl sites for hydroxylation is 1. The van der Waals surface area contributed by atoms with Gasteiger partial charge in [-0.2, -0.15) is 0 Å². The van der Waals surface area contributed by atoms with E-state index in [1.807, 2.05) is 74.5 Å². The van der Waals surface area contributed by atoms with E-state index in [1.165, 1.54) is 0 Å². The summed E-state index contributed by atoms with van der Waals surface area (Å²) in [5, 5.41) is 2.16. The molecule has 5 nitrogen and oxygen atoms in total. The molecule has 168 valence electrons. The summed E-state index contributed by atoms with van der Waals surface area (Å²) in [5.41, 5.74) is 3.09. The smallest absolute Gasteiger partial charge is 0.263 e. The van der Waals surface area contributed by atoms with Crippen LogP contribution in [-0.4, -0.2) is 42.9 Å². The first-order chi connectivity index (χ1) is 15.2. The number of fused-ring (bicyclic) bond motifs is 1. The first kappa shape index (κ1) is 22.3. The van der Waals surface area contributed by atoms with Crippen molar-refractivity contribution >= 4 is 26.5 Å². The van der Waals surface area contributed by atoms with Gasteiger partial charge in [-0.25, -0.2) is 8.42 Å². The van der Waals surface area contributed by atoms with Gasteiger partial charge in [0, 0.05) is 12.6 Å². The van der Waals surface area contributed by atoms with Gasteiger partial charge < -0.3 is 9.64 Å². The van der Waals surface area contributed by atoms with Crippen LogP contribution in [0.15, 0.2) is 60.7 Å². The molecule has 1 aliphatic heterocycles. The monoisotopic (exact) mass is 451 g/mol. The van der Waals surface area contributed by atoms with Crippen LogP contribution in [0.1, 0.15) is 30.0 Å². The zero-order valence-corrected chi connectivity index (χ0v) is 19.6. The molecule has 0 aliphatic carbocycles. The van der Waals surface area contributed by atoms with Crippen molar-refractivity contribution in [2.45, 2.75) is 45.9 Å². The van der Waals surface area contributed by atoms with Crippen LogP contribution in [0.4, 0.5) is 0 Å². The second-order valence-electron chi connectivity index (χ2n) is 8.62. The second-order valence-corrected chi connectivity index (χ2v) is 10.8. The van der Waals surface area contributed by atoms with E-state index in [0.717, 1.165) is 27.5 Å². The number of carbonyl (C=O) groups is 1. The number of hydrogen-bond acceptors (Lipinski definition) is 4. The molecular weight excluding hydrogens is 422 g/mol. The van der Waals surface area contributed by atoms with Gasteiger partial charge in [0.25, 0.3) is 5.91 Å². The lowest BCUT2D eigenvalue weighted by Gasteiger charge is -2.31. The Morgan fingerprint density at radius 2 is 1.78 bits per heavy atom. The van der Waals surface area contributed by atoms with E-state index in [1.54, 1.807) is 11.8 Å². The summed E-state index contributed by atoms with van der Waals surface area (Å²) in [7, 11) is -3.14. The highest BCUT2D eigenvalue weighted by Crippen LogP contribution is 2.27. The minimum atomic E-state index is -3.14. The second kappa shape index (κ2) is 8.94. The first-order valence-electron chi connectivity index (χ1n) is 11.0. The first-order valence-corrected chi connectivity index (χ1v) is 12.8. The van der Waals surface area contributed by atoms with Gasteiger partial charge in [0.05, 0.1) is 11.5 Å². The standard InChI is InChI=1S/C26H29NO4S/c1-18-8-6-13-25(19(18)2)31-20(3)26(28)27(23-14-15-32(29,30)17-23)16-22-11-7-10-21-9-4-5-12-24(21)22/h4-13,20,23H,14-17H2,1-3H3/t20-,23-/m1/s1. The lowest BCUT2D eigenvalue weighted by Crippen LogP contribution is -2.46. The molecule has 2 atom stereocenters. The van der Waals surface area contributed by atoms with E-state index >= 15 is 0 Å². The van der Waals surface area contributed by atoms with Gasteiger partial charge in [-0.05, 0) is 60.7 Å². The highest BCUT2D eigenvalue weighted by atomic mass is 32.2. The zero-order valence-electron chi connectivity index (χ0n) is 18.7. The van der Waals surface area contributed by atoms with Gasteiger partial charge in [-0.15, -0.1) is 0 Å². The van der Waals surface area contributed by atoms with Crippen LogP contribution < -0.4 is 4.74 Å². The summed E-state index contributed by atoms with van der Waals surface area (Å²) in [6.45, 7) is 6.06. The maximum absolute atomic E-state index is 13.6. The molecule has 1 heterocycles. The van der Waals surface area contributed by atoms with E-state index in [4.69, 9.17) is 4.74 Å². The third kappa shape index (κ3) is 4.65. The van der Waals surface area contributed by atoms with Crippen molar-refractivity contribution < 1.29 is 17.9 Å². The zero-order chi connectivity index (χ0) is 22.9. The summed E-state index contributed by atoms with van der Waals surface area (Å²) in [6.07, 6.45) is -0.275. The molecule has 3 aromatic rings. The van der Waals surface area contributed by atoms with E-state index in [9.17, 15) is 13.2 Å². The predicted octanol–water partition coefficient (Wildman–Crippen LogP) is 4.44. The highest BCUT2D eigenvalue weighted by molar-refractivity contribution is 7.91. The van der Waals surface area contributed by atoms with Crippen molar-refractivity contribution in [1.29, 1.82) is 0 Å². The fourth-order valence-corrected chi connectivity index (χ4v) is 6.08. The van der Waals surface area contributed by atoms with Crippen LogP contribution >= 0.6 is 0 Å². The lowest BCUT2D eigenvalue weighted by atomic mass is 10.0. The number of amides is 1. The Bertz CT molecular complexity index is 1250. The molecule has 3 aromatic carbocycles. The van der Waals surface area contributed by atoms with Gasteiger partial charge in [0.15, 0.2) is 15.9 Å². The number of rotatable bonds is 6. The van der Waals surface area contributed by atoms with Crippen molar-refractivity contribution in [3.05, 3.63) is 77.4 Å². The topological polar surface area (TPSA) is 63.7 Å². The van der Waals surface area contributed by atoms with Gasteiger partial charge in [0.1, 0.15) is 5.75 Å². The van der Waals surface area contributed by atoms with Crippen molar-refractivity contribution in [3.63, 3.8) is 0 Å². The van der Waals surface area contributed by atoms with E-state index in [2.05, 4.69) is 0 Å². The van der Waals surface area contributed by atoms with Crippen LogP contribution in [0.2, 0.25) is 0 Å². The minimum absolute atomic E-state index is 0.000299. The maximum atomic E-state index is 13.6. The third-order valence-electron chi connectivity index (χ3n) is 6.36. The minimum Gasteiger partial charge on any atom is -0.481 e. The summed E-state index contributed by atoms with van der Waals surface area (Å²) < 4.78 is 30.5. The van der Waals surface area contributed by atoms with Crippen LogP contribution in [0.5, 0.6) is 5.75 Å². The molecule has 0 saturated carbocycles. The molecule has 6 heteroatoms. The van der Waals surface area contributed by atoms with Gasteiger partial charge in [-0.1, -0.05) is 54.6 Å². The van der Waals surface area contributed by atoms with Crippen LogP contribution in [0.25, 0.3) is 10.8 Å². The van der Waals surface area contributed by atoms with Crippen molar-refractivity contribution in [2.75, 3.05) is 11.5 Å². The maximum Gasteiger partial charge on any atom is 0.263 e. The Morgan fingerprint density at radius 1 is 1.06 bits per heavy atom. The van der Waals surface area contributed by atoms with Gasteiger partial charge in [-0.3, -0.25) is 4.79 Å². The van der Waals surface area contributed by atoms with Crippen LogP contribution in [0, 0.1) is 13.8 Å². The normalized spacial score (nSPS) is 18.4. The predicted molar refractivity (Wildman–Crippen MR) is 128 cm³/mol. The Morgan fingerprint density at radius 3 is 2.53 bits per heavy atom. The molecule has 1 amide bonds. The van der Waals surface area contributed by atoms with Gasteiger partial charge >= 0.3 is 0 Å². The number of hydrogen-bond donors (Lipinski definition) is 0. The molecule has 1 fully saturated rings. The fraction of sp³-hybridized carbons (Fsp3) is 0.346. The number of sulfone groups is 1. The lowest BCUT2D eigenvalue weighted by molar-refractivity contribution is -0.140. The molecule has 1 saturated heterocycles. The summed E-state index contributed by atoms with van der Waals surface area (Å²) in [6, 6.07) is 19.5. The van der Waals surface area contributed by atoms with Crippen LogP contribution in [-0.2, 0) is 21.2 Å². The summed E-state index contributed by atoms with van der Waals surface area (Å²) >= 11 is 0.